The summed E-state index contributed by atoms with van der Waals surface area (Å²) in [6, 6.07) is 6.56. The first kappa shape index (κ1) is 24.1. The van der Waals surface area contributed by atoms with Gasteiger partial charge in [0.25, 0.3) is 5.91 Å². The van der Waals surface area contributed by atoms with Crippen LogP contribution in [0.5, 0.6) is 5.75 Å². The number of halogens is 1. The topological polar surface area (TPSA) is 117 Å². The molecule has 10 nitrogen and oxygen atoms in total. The standard InChI is InChI=1S/C24H28FN7O3/c1-15-27-7-10-32(15)20-13-17(35-3)12-18(25)22(20)23(33)30-24(26)31-9-6-19-16(14-31)4-5-21(29-19)28-8-11-34-2/h4-5,7,10,12-13H,6,8-9,11,14H2,1-3H3,(H,28,29)(H2,26,30,33). The Hall–Kier alpha value is -3.99. The zero-order chi connectivity index (χ0) is 24.9. The number of guanidine groups is 1. The molecule has 0 fully saturated rings. The molecule has 0 atom stereocenters. The molecule has 0 radical (unpaired) electrons. The molecule has 1 aliphatic rings. The molecule has 1 aliphatic heterocycles. The van der Waals surface area contributed by atoms with E-state index in [0.717, 1.165) is 23.1 Å². The number of hydrogen-bond acceptors (Lipinski definition) is 7. The lowest BCUT2D eigenvalue weighted by Gasteiger charge is -2.30. The van der Waals surface area contributed by atoms with Gasteiger partial charge >= 0.3 is 0 Å². The minimum absolute atomic E-state index is 0.105. The highest BCUT2D eigenvalue weighted by Crippen LogP contribution is 2.26. The molecule has 184 valence electrons. The Morgan fingerprint density at radius 2 is 2.11 bits per heavy atom. The van der Waals surface area contributed by atoms with Crippen molar-refractivity contribution in [3.63, 3.8) is 0 Å². The molecule has 0 bridgehead atoms. The largest absolute Gasteiger partial charge is 0.497 e. The van der Waals surface area contributed by atoms with Gasteiger partial charge in [-0.25, -0.2) is 14.4 Å². The summed E-state index contributed by atoms with van der Waals surface area (Å²) in [7, 11) is 3.07. The average Bonchev–Trinajstić information content (AvgIpc) is 3.28. The van der Waals surface area contributed by atoms with Crippen molar-refractivity contribution in [2.24, 2.45) is 0 Å². The summed E-state index contributed by atoms with van der Waals surface area (Å²) in [5.41, 5.74) is 2.01. The van der Waals surface area contributed by atoms with Crippen LogP contribution >= 0.6 is 0 Å². The lowest BCUT2D eigenvalue weighted by atomic mass is 10.1. The van der Waals surface area contributed by atoms with Crippen molar-refractivity contribution in [1.29, 1.82) is 5.41 Å². The second kappa shape index (κ2) is 10.5. The van der Waals surface area contributed by atoms with E-state index < -0.39 is 11.7 Å². The first-order valence-corrected chi connectivity index (χ1v) is 11.2. The van der Waals surface area contributed by atoms with Crippen LogP contribution in [0.1, 0.15) is 27.4 Å². The van der Waals surface area contributed by atoms with E-state index >= 15 is 4.39 Å². The SMILES string of the molecule is COCCNc1ccc2c(n1)CCN(C(=N)NC(=O)c1c(F)cc(OC)cc1-n1ccnc1C)C2. The lowest BCUT2D eigenvalue weighted by Crippen LogP contribution is -2.46. The second-order valence-electron chi connectivity index (χ2n) is 8.04. The molecule has 0 saturated heterocycles. The van der Waals surface area contributed by atoms with Crippen molar-refractivity contribution in [2.75, 3.05) is 39.2 Å². The Morgan fingerprint density at radius 1 is 1.29 bits per heavy atom. The summed E-state index contributed by atoms with van der Waals surface area (Å²) >= 11 is 0. The van der Waals surface area contributed by atoms with Crippen LogP contribution in [-0.4, -0.2) is 65.2 Å². The number of carbonyl (C=O) groups excluding carboxylic acids is 1. The predicted octanol–water partition coefficient (Wildman–Crippen LogP) is 2.50. The van der Waals surface area contributed by atoms with Crippen LogP contribution < -0.4 is 15.4 Å². The van der Waals surface area contributed by atoms with Crippen LogP contribution in [0.3, 0.4) is 0 Å². The molecule has 0 spiro atoms. The third-order valence-corrected chi connectivity index (χ3v) is 5.80. The number of amides is 1. The normalized spacial score (nSPS) is 12.7. The minimum atomic E-state index is -0.751. The molecule has 3 aromatic rings. The maximum atomic E-state index is 15.0. The zero-order valence-corrected chi connectivity index (χ0v) is 19.9. The Balaban J connectivity index is 1.50. The number of rotatable bonds is 7. The highest BCUT2D eigenvalue weighted by molar-refractivity contribution is 6.07. The van der Waals surface area contributed by atoms with Crippen LogP contribution in [0.15, 0.2) is 36.7 Å². The number of pyridine rings is 1. The summed E-state index contributed by atoms with van der Waals surface area (Å²) in [5.74, 6) is 0.0483. The van der Waals surface area contributed by atoms with E-state index in [1.54, 1.807) is 42.0 Å². The number of ether oxygens (including phenoxy) is 2. The van der Waals surface area contributed by atoms with Gasteiger partial charge in [-0.2, -0.15) is 0 Å². The third-order valence-electron chi connectivity index (χ3n) is 5.80. The van der Waals surface area contributed by atoms with Crippen LogP contribution in [0.4, 0.5) is 10.2 Å². The smallest absolute Gasteiger partial charge is 0.263 e. The monoisotopic (exact) mass is 481 g/mol. The highest BCUT2D eigenvalue weighted by atomic mass is 19.1. The van der Waals surface area contributed by atoms with Crippen molar-refractivity contribution in [3.8, 4) is 11.4 Å². The molecule has 0 aliphatic carbocycles. The van der Waals surface area contributed by atoms with Gasteiger partial charge in [-0.05, 0) is 18.6 Å². The summed E-state index contributed by atoms with van der Waals surface area (Å²) in [6.07, 6.45) is 3.82. The van der Waals surface area contributed by atoms with Gasteiger partial charge < -0.3 is 24.3 Å². The molecular weight excluding hydrogens is 453 g/mol. The van der Waals surface area contributed by atoms with Gasteiger partial charge in [-0.3, -0.25) is 15.5 Å². The molecule has 1 aromatic carbocycles. The number of nitrogens with zero attached hydrogens (tertiary/aromatic N) is 4. The van der Waals surface area contributed by atoms with E-state index in [1.165, 1.54) is 7.11 Å². The summed E-state index contributed by atoms with van der Waals surface area (Å²) in [6.45, 7) is 3.91. The average molecular weight is 482 g/mol. The number of benzene rings is 1. The molecule has 3 heterocycles. The van der Waals surface area contributed by atoms with Gasteiger partial charge in [0.15, 0.2) is 5.96 Å². The Labute approximate surface area is 202 Å². The van der Waals surface area contributed by atoms with E-state index in [1.807, 2.05) is 12.1 Å². The van der Waals surface area contributed by atoms with E-state index in [2.05, 4.69) is 20.6 Å². The van der Waals surface area contributed by atoms with Crippen molar-refractivity contribution in [2.45, 2.75) is 19.9 Å². The number of methoxy groups -OCH3 is 2. The number of aryl methyl sites for hydroxylation is 1. The molecule has 0 saturated carbocycles. The first-order chi connectivity index (χ1) is 16.9. The van der Waals surface area contributed by atoms with Crippen molar-refractivity contribution < 1.29 is 18.7 Å². The number of fused-ring (bicyclic) bond motifs is 1. The fourth-order valence-corrected chi connectivity index (χ4v) is 3.97. The van der Waals surface area contributed by atoms with Gasteiger partial charge in [0.1, 0.15) is 23.2 Å². The number of anilines is 1. The maximum absolute atomic E-state index is 15.0. The van der Waals surface area contributed by atoms with Gasteiger partial charge in [-0.1, -0.05) is 6.07 Å². The van der Waals surface area contributed by atoms with Crippen LogP contribution in [0, 0.1) is 18.2 Å². The molecule has 1 amide bonds. The molecule has 2 aromatic heterocycles. The molecule has 35 heavy (non-hydrogen) atoms. The second-order valence-corrected chi connectivity index (χ2v) is 8.04. The van der Waals surface area contributed by atoms with Gasteiger partial charge in [0.2, 0.25) is 0 Å². The number of carbonyl (C=O) groups is 1. The van der Waals surface area contributed by atoms with Crippen LogP contribution in [0.25, 0.3) is 5.69 Å². The lowest BCUT2D eigenvalue weighted by molar-refractivity contribution is 0.0967. The van der Waals surface area contributed by atoms with Gasteiger partial charge in [0.05, 0.1) is 25.0 Å². The van der Waals surface area contributed by atoms with Gasteiger partial charge in [0, 0.05) is 63.4 Å². The molecule has 11 heteroatoms. The van der Waals surface area contributed by atoms with E-state index in [9.17, 15) is 4.79 Å². The van der Waals surface area contributed by atoms with E-state index in [-0.39, 0.29) is 23.0 Å². The zero-order valence-electron chi connectivity index (χ0n) is 19.9. The fourth-order valence-electron chi connectivity index (χ4n) is 3.97. The van der Waals surface area contributed by atoms with Crippen molar-refractivity contribution in [1.82, 2.24) is 24.8 Å². The maximum Gasteiger partial charge on any atom is 0.263 e. The number of aromatic nitrogens is 3. The number of imidazole rings is 1. The van der Waals surface area contributed by atoms with Gasteiger partial charge in [-0.15, -0.1) is 0 Å². The number of nitrogens with one attached hydrogen (secondary N) is 3. The first-order valence-electron chi connectivity index (χ1n) is 11.2. The molecule has 3 N–H and O–H groups in total. The van der Waals surface area contributed by atoms with Crippen LogP contribution in [0.2, 0.25) is 0 Å². The Morgan fingerprint density at radius 3 is 2.83 bits per heavy atom. The van der Waals surface area contributed by atoms with Crippen molar-refractivity contribution in [3.05, 3.63) is 65.1 Å². The summed E-state index contributed by atoms with van der Waals surface area (Å²) in [4.78, 5) is 23.7. The highest BCUT2D eigenvalue weighted by Gasteiger charge is 2.25. The number of hydrogen-bond donors (Lipinski definition) is 3. The van der Waals surface area contributed by atoms with E-state index in [0.29, 0.717) is 38.5 Å². The Kier molecular flexibility index (Phi) is 7.25. The quantitative estimate of drug-likeness (QED) is 0.270. The molecule has 4 rings (SSSR count). The van der Waals surface area contributed by atoms with Crippen LogP contribution in [-0.2, 0) is 17.7 Å². The summed E-state index contributed by atoms with van der Waals surface area (Å²) < 4.78 is 26.9. The minimum Gasteiger partial charge on any atom is -0.497 e. The fraction of sp³-hybridized carbons (Fsp3) is 0.333. The van der Waals surface area contributed by atoms with Crippen molar-refractivity contribution >= 4 is 17.7 Å². The molecular formula is C24H28FN7O3. The summed E-state index contributed by atoms with van der Waals surface area (Å²) in [5, 5.41) is 14.2. The predicted molar refractivity (Wildman–Crippen MR) is 129 cm³/mol. The third kappa shape index (κ3) is 5.24. The Bertz CT molecular complexity index is 1240. The molecule has 0 unspecified atom stereocenters. The van der Waals surface area contributed by atoms with E-state index in [4.69, 9.17) is 14.9 Å².